The molecule has 5 nitrogen and oxygen atoms in total. The van der Waals surface area contributed by atoms with E-state index in [4.69, 9.17) is 4.74 Å². The van der Waals surface area contributed by atoms with Crippen molar-refractivity contribution in [3.63, 3.8) is 0 Å². The summed E-state index contributed by atoms with van der Waals surface area (Å²) >= 11 is 0. The highest BCUT2D eigenvalue weighted by Crippen LogP contribution is 2.18. The summed E-state index contributed by atoms with van der Waals surface area (Å²) in [6.07, 6.45) is 3.32. The molecule has 0 aliphatic heterocycles. The number of aryl methyl sites for hydroxylation is 1. The van der Waals surface area contributed by atoms with Gasteiger partial charge in [0, 0.05) is 6.20 Å². The zero-order chi connectivity index (χ0) is 15.9. The summed E-state index contributed by atoms with van der Waals surface area (Å²) in [5, 5.41) is 2.82. The van der Waals surface area contributed by atoms with Gasteiger partial charge >= 0.3 is 0 Å². The van der Waals surface area contributed by atoms with Crippen LogP contribution in [0, 0.1) is 6.92 Å². The van der Waals surface area contributed by atoms with Gasteiger partial charge in [-0.1, -0.05) is 18.7 Å². The van der Waals surface area contributed by atoms with Crippen molar-refractivity contribution in [1.82, 2.24) is 15.3 Å². The predicted molar refractivity (Wildman–Crippen MR) is 84.7 cm³/mol. The summed E-state index contributed by atoms with van der Waals surface area (Å²) in [7, 11) is 0. The van der Waals surface area contributed by atoms with Crippen LogP contribution in [-0.4, -0.2) is 22.5 Å². The van der Waals surface area contributed by atoms with Crippen molar-refractivity contribution >= 4 is 5.91 Å². The lowest BCUT2D eigenvalue weighted by molar-refractivity contribution is 0.0946. The second kappa shape index (κ2) is 7.36. The van der Waals surface area contributed by atoms with Gasteiger partial charge in [0.25, 0.3) is 5.91 Å². The zero-order valence-electron chi connectivity index (χ0n) is 12.8. The van der Waals surface area contributed by atoms with Crippen molar-refractivity contribution in [2.45, 2.75) is 20.4 Å². The molecule has 0 spiro atoms. The van der Waals surface area contributed by atoms with Crippen molar-refractivity contribution < 1.29 is 9.53 Å². The molecule has 1 aromatic carbocycles. The van der Waals surface area contributed by atoms with Crippen molar-refractivity contribution in [2.24, 2.45) is 0 Å². The Labute approximate surface area is 130 Å². The standard InChI is InChI=1S/C17H19N3O2/c1-12(2)11-22-16-7-5-4-6-15(16)17(21)20-10-14-9-18-13(3)8-19-14/h4-9H,1,10-11H2,2-3H3,(H,20,21). The first kappa shape index (κ1) is 15.7. The molecule has 0 fully saturated rings. The molecule has 0 aliphatic carbocycles. The van der Waals surface area contributed by atoms with Gasteiger partial charge in [-0.2, -0.15) is 0 Å². The van der Waals surface area contributed by atoms with Gasteiger partial charge in [-0.15, -0.1) is 0 Å². The molecule has 0 bridgehead atoms. The fourth-order valence-corrected chi connectivity index (χ4v) is 1.76. The minimum absolute atomic E-state index is 0.209. The molecule has 5 heteroatoms. The van der Waals surface area contributed by atoms with Crippen LogP contribution in [0.15, 0.2) is 48.8 Å². The zero-order valence-corrected chi connectivity index (χ0v) is 12.8. The third-order valence-electron chi connectivity index (χ3n) is 2.87. The van der Waals surface area contributed by atoms with E-state index < -0.39 is 0 Å². The number of hydrogen-bond donors (Lipinski definition) is 1. The van der Waals surface area contributed by atoms with Gasteiger partial charge in [0.1, 0.15) is 12.4 Å². The molecule has 1 N–H and O–H groups in total. The van der Waals surface area contributed by atoms with Crippen molar-refractivity contribution in [3.8, 4) is 5.75 Å². The summed E-state index contributed by atoms with van der Waals surface area (Å²) in [5.41, 5.74) is 2.93. The monoisotopic (exact) mass is 297 g/mol. The van der Waals surface area contributed by atoms with Crippen LogP contribution >= 0.6 is 0 Å². The van der Waals surface area contributed by atoms with Crippen LogP contribution < -0.4 is 10.1 Å². The summed E-state index contributed by atoms with van der Waals surface area (Å²) in [6.45, 7) is 8.23. The van der Waals surface area contributed by atoms with Crippen molar-refractivity contribution in [3.05, 3.63) is 65.8 Å². The van der Waals surface area contributed by atoms with Gasteiger partial charge in [0.05, 0.1) is 29.7 Å². The van der Waals surface area contributed by atoms with Gasteiger partial charge in [-0.3, -0.25) is 14.8 Å². The maximum absolute atomic E-state index is 12.3. The molecular formula is C17H19N3O2. The van der Waals surface area contributed by atoms with Gasteiger partial charge in [0.15, 0.2) is 0 Å². The number of para-hydroxylation sites is 1. The average molecular weight is 297 g/mol. The molecule has 1 heterocycles. The Kier molecular flexibility index (Phi) is 5.25. The van der Waals surface area contributed by atoms with Gasteiger partial charge in [0.2, 0.25) is 0 Å². The first-order valence-electron chi connectivity index (χ1n) is 6.98. The average Bonchev–Trinajstić information content (AvgIpc) is 2.52. The van der Waals surface area contributed by atoms with E-state index in [0.717, 1.165) is 11.3 Å². The fraction of sp³-hybridized carbons (Fsp3) is 0.235. The molecule has 22 heavy (non-hydrogen) atoms. The molecule has 1 aromatic heterocycles. The van der Waals surface area contributed by atoms with Crippen LogP contribution in [0.4, 0.5) is 0 Å². The first-order chi connectivity index (χ1) is 10.6. The van der Waals surface area contributed by atoms with E-state index in [9.17, 15) is 4.79 Å². The highest BCUT2D eigenvalue weighted by Gasteiger charge is 2.12. The van der Waals surface area contributed by atoms with E-state index in [1.165, 1.54) is 0 Å². The van der Waals surface area contributed by atoms with E-state index >= 15 is 0 Å². The van der Waals surface area contributed by atoms with E-state index in [1.807, 2.05) is 19.9 Å². The minimum atomic E-state index is -0.209. The van der Waals surface area contributed by atoms with Crippen LogP contribution in [0.1, 0.15) is 28.7 Å². The molecule has 1 amide bonds. The van der Waals surface area contributed by atoms with Crippen molar-refractivity contribution in [1.29, 1.82) is 0 Å². The normalized spacial score (nSPS) is 10.1. The topological polar surface area (TPSA) is 64.1 Å². The maximum Gasteiger partial charge on any atom is 0.255 e. The minimum Gasteiger partial charge on any atom is -0.488 e. The first-order valence-corrected chi connectivity index (χ1v) is 6.98. The molecule has 2 rings (SSSR count). The number of nitrogens with one attached hydrogen (secondary N) is 1. The van der Waals surface area contributed by atoms with Gasteiger partial charge in [-0.25, -0.2) is 0 Å². The second-order valence-electron chi connectivity index (χ2n) is 5.07. The predicted octanol–water partition coefficient (Wildman–Crippen LogP) is 2.67. The summed E-state index contributed by atoms with van der Waals surface area (Å²) in [5.74, 6) is 0.331. The Morgan fingerprint density at radius 1 is 1.27 bits per heavy atom. The van der Waals surface area contributed by atoms with Crippen LogP contribution in [0.25, 0.3) is 0 Å². The van der Waals surface area contributed by atoms with E-state index in [-0.39, 0.29) is 5.91 Å². The number of ether oxygens (including phenoxy) is 1. The maximum atomic E-state index is 12.3. The fourth-order valence-electron chi connectivity index (χ4n) is 1.76. The highest BCUT2D eigenvalue weighted by atomic mass is 16.5. The number of rotatable bonds is 6. The SMILES string of the molecule is C=C(C)COc1ccccc1C(=O)NCc1cnc(C)cn1. The number of carbonyl (C=O) groups excluding carboxylic acids is 1. The van der Waals surface area contributed by atoms with Crippen LogP contribution in [-0.2, 0) is 6.54 Å². The Morgan fingerprint density at radius 2 is 2.05 bits per heavy atom. The number of aromatic nitrogens is 2. The molecule has 2 aromatic rings. The molecule has 114 valence electrons. The quantitative estimate of drug-likeness (QED) is 0.833. The van der Waals surface area contributed by atoms with E-state index in [0.29, 0.717) is 30.2 Å². The molecule has 0 radical (unpaired) electrons. The molecule has 0 saturated carbocycles. The Hall–Kier alpha value is -2.69. The summed E-state index contributed by atoms with van der Waals surface area (Å²) in [4.78, 5) is 20.6. The molecular weight excluding hydrogens is 278 g/mol. The van der Waals surface area contributed by atoms with Crippen LogP contribution in [0.2, 0.25) is 0 Å². The number of carbonyl (C=O) groups is 1. The third-order valence-corrected chi connectivity index (χ3v) is 2.87. The smallest absolute Gasteiger partial charge is 0.255 e. The molecule has 0 saturated heterocycles. The third kappa shape index (κ3) is 4.41. The van der Waals surface area contributed by atoms with Crippen LogP contribution in [0.5, 0.6) is 5.75 Å². The Bertz CT molecular complexity index is 666. The van der Waals surface area contributed by atoms with Gasteiger partial charge < -0.3 is 10.1 Å². The number of nitrogens with zero attached hydrogens (tertiary/aromatic N) is 2. The Morgan fingerprint density at radius 3 is 2.73 bits per heavy atom. The number of hydrogen-bond acceptors (Lipinski definition) is 4. The number of benzene rings is 1. The summed E-state index contributed by atoms with van der Waals surface area (Å²) in [6, 6.07) is 7.12. The van der Waals surface area contributed by atoms with E-state index in [1.54, 1.807) is 30.6 Å². The lowest BCUT2D eigenvalue weighted by Crippen LogP contribution is -2.24. The van der Waals surface area contributed by atoms with Gasteiger partial charge in [-0.05, 0) is 31.6 Å². The second-order valence-corrected chi connectivity index (χ2v) is 5.07. The lowest BCUT2D eigenvalue weighted by atomic mass is 10.2. The molecule has 0 aliphatic rings. The molecule has 0 unspecified atom stereocenters. The van der Waals surface area contributed by atoms with Crippen molar-refractivity contribution in [2.75, 3.05) is 6.61 Å². The highest BCUT2D eigenvalue weighted by molar-refractivity contribution is 5.96. The van der Waals surface area contributed by atoms with Crippen LogP contribution in [0.3, 0.4) is 0 Å². The largest absolute Gasteiger partial charge is 0.488 e. The lowest BCUT2D eigenvalue weighted by Gasteiger charge is -2.11. The Balaban J connectivity index is 2.02. The molecule has 0 atom stereocenters. The summed E-state index contributed by atoms with van der Waals surface area (Å²) < 4.78 is 5.60. The number of amides is 1. The van der Waals surface area contributed by atoms with E-state index in [2.05, 4.69) is 21.9 Å².